The zero-order valence-corrected chi connectivity index (χ0v) is 12.6. The van der Waals surface area contributed by atoms with Gasteiger partial charge < -0.3 is 0 Å². The van der Waals surface area contributed by atoms with Crippen LogP contribution in [0.5, 0.6) is 0 Å². The molecular weight excluding hydrogens is 290 g/mol. The molecule has 3 rings (SSSR count). The van der Waals surface area contributed by atoms with E-state index in [9.17, 15) is 18.0 Å². The molecule has 0 aliphatic carbocycles. The van der Waals surface area contributed by atoms with Crippen molar-refractivity contribution < 1.29 is 18.0 Å². The largest absolute Gasteiger partial charge is 0.296 e. The van der Waals surface area contributed by atoms with Crippen LogP contribution in [0.3, 0.4) is 0 Å². The highest BCUT2D eigenvalue weighted by molar-refractivity contribution is 7.91. The van der Waals surface area contributed by atoms with Crippen molar-refractivity contribution in [3.05, 3.63) is 35.4 Å². The van der Waals surface area contributed by atoms with E-state index in [-0.39, 0.29) is 29.7 Å². The zero-order valence-electron chi connectivity index (χ0n) is 11.8. The van der Waals surface area contributed by atoms with Gasteiger partial charge in [0.05, 0.1) is 17.4 Å². The molecule has 2 aliphatic heterocycles. The summed E-state index contributed by atoms with van der Waals surface area (Å²) in [6.45, 7) is 1.90. The number of imide groups is 1. The topological polar surface area (TPSA) is 80.3 Å². The molecule has 2 atom stereocenters. The second-order valence-corrected chi connectivity index (χ2v) is 8.27. The Morgan fingerprint density at radius 2 is 1.95 bits per heavy atom. The number of hydrogen-bond donors (Lipinski definition) is 1. The van der Waals surface area contributed by atoms with E-state index in [0.717, 1.165) is 11.1 Å². The molecule has 1 aromatic rings. The molecule has 2 saturated heterocycles. The van der Waals surface area contributed by atoms with Crippen LogP contribution in [0.4, 0.5) is 0 Å². The number of sulfone groups is 1. The van der Waals surface area contributed by atoms with Crippen LogP contribution in [0, 0.1) is 12.3 Å². The quantitative estimate of drug-likeness (QED) is 0.783. The van der Waals surface area contributed by atoms with Crippen LogP contribution < -0.4 is 5.32 Å². The second-order valence-electron chi connectivity index (χ2n) is 6.08. The third-order valence-electron chi connectivity index (χ3n) is 4.57. The summed E-state index contributed by atoms with van der Waals surface area (Å²) in [5, 5.41) is 2.36. The van der Waals surface area contributed by atoms with Crippen molar-refractivity contribution in [2.75, 3.05) is 11.5 Å². The molecule has 0 saturated carbocycles. The monoisotopic (exact) mass is 307 g/mol. The van der Waals surface area contributed by atoms with Gasteiger partial charge in [-0.05, 0) is 24.5 Å². The van der Waals surface area contributed by atoms with Crippen molar-refractivity contribution in [1.29, 1.82) is 0 Å². The number of benzene rings is 1. The maximum atomic E-state index is 12.4. The van der Waals surface area contributed by atoms with Gasteiger partial charge in [-0.1, -0.05) is 24.3 Å². The first-order valence-corrected chi connectivity index (χ1v) is 8.75. The highest BCUT2D eigenvalue weighted by Crippen LogP contribution is 2.49. The van der Waals surface area contributed by atoms with Crippen LogP contribution >= 0.6 is 0 Å². The number of amides is 2. The van der Waals surface area contributed by atoms with Gasteiger partial charge in [0.1, 0.15) is 0 Å². The first-order chi connectivity index (χ1) is 9.83. The van der Waals surface area contributed by atoms with Crippen molar-refractivity contribution in [3.63, 3.8) is 0 Å². The van der Waals surface area contributed by atoms with Gasteiger partial charge in [-0.25, -0.2) is 8.42 Å². The minimum Gasteiger partial charge on any atom is -0.296 e. The highest BCUT2D eigenvalue weighted by atomic mass is 32.2. The van der Waals surface area contributed by atoms with Crippen molar-refractivity contribution in [2.24, 2.45) is 5.41 Å². The van der Waals surface area contributed by atoms with E-state index in [4.69, 9.17) is 0 Å². The Kier molecular flexibility index (Phi) is 3.16. The Morgan fingerprint density at radius 3 is 2.57 bits per heavy atom. The fraction of sp³-hybridized carbons (Fsp3) is 0.467. The number of piperidine rings is 1. The number of aryl methyl sites for hydroxylation is 1. The van der Waals surface area contributed by atoms with E-state index in [1.54, 1.807) is 0 Å². The fourth-order valence-corrected chi connectivity index (χ4v) is 5.79. The van der Waals surface area contributed by atoms with Crippen molar-refractivity contribution in [2.45, 2.75) is 25.7 Å². The molecule has 1 spiro atoms. The molecule has 2 aliphatic rings. The molecule has 1 N–H and O–H groups in total. The predicted octanol–water partition coefficient (Wildman–Crippen LogP) is 0.930. The molecule has 5 nitrogen and oxygen atoms in total. The van der Waals surface area contributed by atoms with Crippen LogP contribution in [0.25, 0.3) is 0 Å². The highest BCUT2D eigenvalue weighted by Gasteiger charge is 2.55. The Labute approximate surface area is 123 Å². The molecular formula is C15H17NO4S. The average molecular weight is 307 g/mol. The molecule has 0 aromatic heterocycles. The van der Waals surface area contributed by atoms with Crippen molar-refractivity contribution >= 4 is 21.7 Å². The van der Waals surface area contributed by atoms with Gasteiger partial charge in [-0.2, -0.15) is 0 Å². The SMILES string of the molecule is Cc1ccccc1C1C(=O)NC(=O)CC12CCS(=O)(=O)C2. The number of carbonyl (C=O) groups excluding carboxylic acids is 2. The zero-order chi connectivity index (χ0) is 15.3. The molecule has 2 heterocycles. The van der Waals surface area contributed by atoms with Gasteiger partial charge in [0.25, 0.3) is 0 Å². The van der Waals surface area contributed by atoms with E-state index in [1.165, 1.54) is 0 Å². The Balaban J connectivity index is 2.13. The standard InChI is InChI=1S/C15H17NO4S/c1-10-4-2-3-5-11(10)13-14(18)16-12(17)8-15(13)6-7-21(19,20)9-15/h2-5,13H,6-9H2,1H3,(H,16,17,18). The third kappa shape index (κ3) is 2.37. The van der Waals surface area contributed by atoms with Crippen LogP contribution in [-0.4, -0.2) is 31.7 Å². The molecule has 0 radical (unpaired) electrons. The summed E-state index contributed by atoms with van der Waals surface area (Å²) in [5.41, 5.74) is 0.972. The molecule has 2 fully saturated rings. The lowest BCUT2D eigenvalue weighted by Gasteiger charge is -2.39. The van der Waals surface area contributed by atoms with Crippen molar-refractivity contribution in [3.8, 4) is 0 Å². The molecule has 112 valence electrons. The Bertz CT molecular complexity index is 725. The number of hydrogen-bond acceptors (Lipinski definition) is 4. The summed E-state index contributed by atoms with van der Waals surface area (Å²) in [6, 6.07) is 7.46. The van der Waals surface area contributed by atoms with Crippen LogP contribution in [0.1, 0.15) is 29.9 Å². The van der Waals surface area contributed by atoms with Gasteiger partial charge >= 0.3 is 0 Å². The summed E-state index contributed by atoms with van der Waals surface area (Å²) >= 11 is 0. The second kappa shape index (κ2) is 4.66. The Morgan fingerprint density at radius 1 is 1.24 bits per heavy atom. The van der Waals surface area contributed by atoms with Crippen LogP contribution in [0.2, 0.25) is 0 Å². The van der Waals surface area contributed by atoms with Crippen LogP contribution in [-0.2, 0) is 19.4 Å². The fourth-order valence-electron chi connectivity index (χ4n) is 3.64. The summed E-state index contributed by atoms with van der Waals surface area (Å²) in [4.78, 5) is 24.2. The van der Waals surface area contributed by atoms with E-state index in [1.807, 2.05) is 31.2 Å². The summed E-state index contributed by atoms with van der Waals surface area (Å²) in [5.74, 6) is -1.36. The molecule has 0 bridgehead atoms. The normalized spacial score (nSPS) is 31.4. The van der Waals surface area contributed by atoms with Gasteiger partial charge in [0.15, 0.2) is 9.84 Å². The minimum absolute atomic E-state index is 0.0515. The maximum Gasteiger partial charge on any atom is 0.234 e. The summed E-state index contributed by atoms with van der Waals surface area (Å²) < 4.78 is 23.9. The molecule has 1 aromatic carbocycles. The van der Waals surface area contributed by atoms with E-state index >= 15 is 0 Å². The van der Waals surface area contributed by atoms with E-state index in [2.05, 4.69) is 5.32 Å². The van der Waals surface area contributed by atoms with Gasteiger partial charge in [-0.15, -0.1) is 0 Å². The lowest BCUT2D eigenvalue weighted by Crippen LogP contribution is -2.51. The Hall–Kier alpha value is -1.69. The third-order valence-corrected chi connectivity index (χ3v) is 6.41. The van der Waals surface area contributed by atoms with Gasteiger partial charge in [0, 0.05) is 11.8 Å². The van der Waals surface area contributed by atoms with Crippen molar-refractivity contribution in [1.82, 2.24) is 5.32 Å². The predicted molar refractivity (Wildman–Crippen MR) is 77.4 cm³/mol. The molecule has 2 amide bonds. The minimum atomic E-state index is -3.19. The lowest BCUT2D eigenvalue weighted by molar-refractivity contribution is -0.139. The van der Waals surface area contributed by atoms with Crippen LogP contribution in [0.15, 0.2) is 24.3 Å². The van der Waals surface area contributed by atoms with E-state index in [0.29, 0.717) is 6.42 Å². The lowest BCUT2D eigenvalue weighted by atomic mass is 9.66. The summed E-state index contributed by atoms with van der Waals surface area (Å²) in [7, 11) is -3.19. The number of rotatable bonds is 1. The molecule has 21 heavy (non-hydrogen) atoms. The average Bonchev–Trinajstić information content (AvgIpc) is 2.66. The maximum absolute atomic E-state index is 12.4. The first kappa shape index (κ1) is 14.3. The van der Waals surface area contributed by atoms with Gasteiger partial charge in [0.2, 0.25) is 11.8 Å². The summed E-state index contributed by atoms with van der Waals surface area (Å²) in [6.07, 6.45) is 0.463. The molecule has 6 heteroatoms. The van der Waals surface area contributed by atoms with E-state index < -0.39 is 21.2 Å². The van der Waals surface area contributed by atoms with Gasteiger partial charge in [-0.3, -0.25) is 14.9 Å². The molecule has 2 unspecified atom stereocenters. The smallest absolute Gasteiger partial charge is 0.234 e. The number of nitrogens with one attached hydrogen (secondary N) is 1. The first-order valence-electron chi connectivity index (χ1n) is 6.93. The number of carbonyl (C=O) groups is 2.